The maximum Gasteiger partial charge on any atom is 0.409 e. The van der Waals surface area contributed by atoms with Gasteiger partial charge in [0.05, 0.1) is 12.7 Å². The third-order valence-corrected chi connectivity index (χ3v) is 2.13. The summed E-state index contributed by atoms with van der Waals surface area (Å²) in [7, 11) is 1.67. The van der Waals surface area contributed by atoms with Crippen molar-refractivity contribution in [2.45, 2.75) is 18.9 Å². The summed E-state index contributed by atoms with van der Waals surface area (Å²) in [6, 6.07) is 0. The summed E-state index contributed by atoms with van der Waals surface area (Å²) in [6.45, 7) is 1.25. The fourth-order valence-electron chi connectivity index (χ4n) is 1.41. The molecular formula is C9H17NO4. The van der Waals surface area contributed by atoms with Crippen molar-refractivity contribution < 1.29 is 19.4 Å². The minimum Gasteiger partial charge on any atom is -0.447 e. The second-order valence-electron chi connectivity index (χ2n) is 3.35. The molecule has 0 aromatic carbocycles. The summed E-state index contributed by atoms with van der Waals surface area (Å²) in [4.78, 5) is 12.7. The molecular weight excluding hydrogens is 186 g/mol. The number of hydrogen-bond acceptors (Lipinski definition) is 4. The van der Waals surface area contributed by atoms with Gasteiger partial charge in [-0.15, -0.1) is 0 Å². The molecule has 1 unspecified atom stereocenters. The van der Waals surface area contributed by atoms with Gasteiger partial charge < -0.3 is 19.5 Å². The number of carbonyl (C=O) groups is 1. The molecule has 5 heteroatoms. The molecule has 0 radical (unpaired) electrons. The Hall–Kier alpha value is -0.810. The van der Waals surface area contributed by atoms with Crippen molar-refractivity contribution in [2.75, 3.05) is 33.4 Å². The second kappa shape index (κ2) is 5.82. The summed E-state index contributed by atoms with van der Waals surface area (Å²) in [5, 5.41) is 8.46. The molecule has 1 rings (SSSR count). The van der Waals surface area contributed by atoms with E-state index in [9.17, 15) is 4.79 Å². The lowest BCUT2D eigenvalue weighted by Gasteiger charge is -2.19. The third-order valence-electron chi connectivity index (χ3n) is 2.13. The lowest BCUT2D eigenvalue weighted by Crippen LogP contribution is -2.34. The van der Waals surface area contributed by atoms with Gasteiger partial charge >= 0.3 is 6.09 Å². The maximum atomic E-state index is 11.2. The minimum atomic E-state index is -0.408. The predicted octanol–water partition coefficient (Wildman–Crippen LogP) is 0.226. The summed E-state index contributed by atoms with van der Waals surface area (Å²) in [5.74, 6) is 0. The molecule has 1 atom stereocenters. The number of likely N-dealkylation sites (N-methyl/N-ethyl adjacent to an activating group) is 1. The standard InChI is InChI=1S/C9H17NO4/c1-10(9(12)14-6-4-11)7-8-3-2-5-13-8/h8,11H,2-7H2,1H3. The Bertz CT molecular complexity index is 180. The first-order valence-electron chi connectivity index (χ1n) is 4.84. The molecule has 0 aliphatic carbocycles. The van der Waals surface area contributed by atoms with Crippen LogP contribution in [0.4, 0.5) is 4.79 Å². The van der Waals surface area contributed by atoms with Crippen molar-refractivity contribution in [3.05, 3.63) is 0 Å². The van der Waals surface area contributed by atoms with Crippen LogP contribution in [-0.4, -0.2) is 55.6 Å². The number of rotatable bonds is 4. The highest BCUT2D eigenvalue weighted by Gasteiger charge is 2.20. The lowest BCUT2D eigenvalue weighted by atomic mass is 10.2. The van der Waals surface area contributed by atoms with Crippen LogP contribution in [0.5, 0.6) is 0 Å². The van der Waals surface area contributed by atoms with E-state index in [0.29, 0.717) is 6.54 Å². The molecule has 0 saturated carbocycles. The Balaban J connectivity index is 2.18. The topological polar surface area (TPSA) is 59.0 Å². The average Bonchev–Trinajstić information content (AvgIpc) is 2.66. The first-order valence-corrected chi connectivity index (χ1v) is 4.84. The first-order chi connectivity index (χ1) is 6.74. The molecule has 1 N–H and O–H groups in total. The van der Waals surface area contributed by atoms with Gasteiger partial charge in [-0.05, 0) is 12.8 Å². The van der Waals surface area contributed by atoms with Crippen molar-refractivity contribution in [2.24, 2.45) is 0 Å². The van der Waals surface area contributed by atoms with E-state index in [1.165, 1.54) is 4.90 Å². The molecule has 0 aromatic heterocycles. The van der Waals surface area contributed by atoms with Gasteiger partial charge in [0.15, 0.2) is 0 Å². The number of nitrogens with zero attached hydrogens (tertiary/aromatic N) is 1. The molecule has 1 aliphatic rings. The number of carbonyl (C=O) groups excluding carboxylic acids is 1. The zero-order valence-electron chi connectivity index (χ0n) is 8.44. The Morgan fingerprint density at radius 1 is 1.71 bits per heavy atom. The van der Waals surface area contributed by atoms with Crippen molar-refractivity contribution in [1.82, 2.24) is 4.90 Å². The zero-order valence-corrected chi connectivity index (χ0v) is 8.44. The van der Waals surface area contributed by atoms with Gasteiger partial charge in [-0.2, -0.15) is 0 Å². The summed E-state index contributed by atoms with van der Waals surface area (Å²) < 4.78 is 10.1. The van der Waals surface area contributed by atoms with Gasteiger partial charge in [-0.25, -0.2) is 4.79 Å². The molecule has 14 heavy (non-hydrogen) atoms. The normalized spacial score (nSPS) is 20.9. The van der Waals surface area contributed by atoms with Crippen molar-refractivity contribution in [3.8, 4) is 0 Å². The first kappa shape index (κ1) is 11.3. The minimum absolute atomic E-state index is 0.0503. The van der Waals surface area contributed by atoms with Crippen molar-refractivity contribution >= 4 is 6.09 Å². The predicted molar refractivity (Wildman–Crippen MR) is 50.0 cm³/mol. The van der Waals surface area contributed by atoms with Crippen LogP contribution in [0, 0.1) is 0 Å². The van der Waals surface area contributed by atoms with E-state index in [1.54, 1.807) is 7.05 Å². The van der Waals surface area contributed by atoms with E-state index in [1.807, 2.05) is 0 Å². The highest BCUT2D eigenvalue weighted by atomic mass is 16.6. The number of ether oxygens (including phenoxy) is 2. The molecule has 0 spiro atoms. The van der Waals surface area contributed by atoms with Gasteiger partial charge in [-0.3, -0.25) is 0 Å². The summed E-state index contributed by atoms with van der Waals surface area (Å²) in [5.41, 5.74) is 0. The van der Waals surface area contributed by atoms with Crippen LogP contribution in [0.15, 0.2) is 0 Å². The van der Waals surface area contributed by atoms with Crippen molar-refractivity contribution in [3.63, 3.8) is 0 Å². The van der Waals surface area contributed by atoms with E-state index < -0.39 is 6.09 Å². The molecule has 1 amide bonds. The molecule has 0 bridgehead atoms. The van der Waals surface area contributed by atoms with Gasteiger partial charge in [0.25, 0.3) is 0 Å². The number of aliphatic hydroxyl groups is 1. The maximum absolute atomic E-state index is 11.2. The third kappa shape index (κ3) is 3.51. The van der Waals surface area contributed by atoms with Gasteiger partial charge in [0.1, 0.15) is 6.61 Å². The van der Waals surface area contributed by atoms with E-state index in [4.69, 9.17) is 14.6 Å². The van der Waals surface area contributed by atoms with Gasteiger partial charge in [0.2, 0.25) is 0 Å². The Labute approximate surface area is 83.6 Å². The van der Waals surface area contributed by atoms with Crippen LogP contribution in [0.2, 0.25) is 0 Å². The van der Waals surface area contributed by atoms with E-state index in [-0.39, 0.29) is 19.3 Å². The number of aliphatic hydroxyl groups excluding tert-OH is 1. The molecule has 0 aromatic rings. The molecule has 5 nitrogen and oxygen atoms in total. The largest absolute Gasteiger partial charge is 0.447 e. The lowest BCUT2D eigenvalue weighted by molar-refractivity contribution is 0.0576. The van der Waals surface area contributed by atoms with Gasteiger partial charge in [-0.1, -0.05) is 0 Å². The number of hydrogen-bond donors (Lipinski definition) is 1. The molecule has 82 valence electrons. The van der Waals surface area contributed by atoms with E-state index in [0.717, 1.165) is 19.4 Å². The Kier molecular flexibility index (Phi) is 4.69. The quantitative estimate of drug-likeness (QED) is 0.710. The Morgan fingerprint density at radius 2 is 2.50 bits per heavy atom. The fourth-order valence-corrected chi connectivity index (χ4v) is 1.41. The van der Waals surface area contributed by atoms with Crippen LogP contribution in [0.3, 0.4) is 0 Å². The second-order valence-corrected chi connectivity index (χ2v) is 3.35. The summed E-state index contributed by atoms with van der Waals surface area (Å²) >= 11 is 0. The highest BCUT2D eigenvalue weighted by molar-refractivity contribution is 5.67. The monoisotopic (exact) mass is 203 g/mol. The Morgan fingerprint density at radius 3 is 3.07 bits per heavy atom. The van der Waals surface area contributed by atoms with E-state index >= 15 is 0 Å². The molecule has 1 aliphatic heterocycles. The zero-order chi connectivity index (χ0) is 10.4. The fraction of sp³-hybridized carbons (Fsp3) is 0.889. The smallest absolute Gasteiger partial charge is 0.409 e. The highest BCUT2D eigenvalue weighted by Crippen LogP contribution is 2.12. The molecule has 1 heterocycles. The van der Waals surface area contributed by atoms with Crippen LogP contribution < -0.4 is 0 Å². The van der Waals surface area contributed by atoms with Crippen molar-refractivity contribution in [1.29, 1.82) is 0 Å². The number of amides is 1. The molecule has 1 saturated heterocycles. The SMILES string of the molecule is CN(CC1CCCO1)C(=O)OCCO. The average molecular weight is 203 g/mol. The summed E-state index contributed by atoms with van der Waals surface area (Å²) in [6.07, 6.45) is 1.79. The van der Waals surface area contributed by atoms with Crippen LogP contribution >= 0.6 is 0 Å². The van der Waals surface area contributed by atoms with E-state index in [2.05, 4.69) is 0 Å². The van der Waals surface area contributed by atoms with Gasteiger partial charge in [0, 0.05) is 20.2 Å². The van der Waals surface area contributed by atoms with Crippen LogP contribution in [-0.2, 0) is 9.47 Å². The van der Waals surface area contributed by atoms with Crippen LogP contribution in [0.1, 0.15) is 12.8 Å². The molecule has 1 fully saturated rings. The van der Waals surface area contributed by atoms with Crippen LogP contribution in [0.25, 0.3) is 0 Å².